The Morgan fingerprint density at radius 3 is 2.50 bits per heavy atom. The van der Waals surface area contributed by atoms with Crippen LogP contribution in [-0.2, 0) is 4.79 Å². The molecule has 6 heteroatoms. The van der Waals surface area contributed by atoms with Gasteiger partial charge in [0.15, 0.2) is 0 Å². The second kappa shape index (κ2) is 4.45. The average molecular weight is 247 g/mol. The molecular formula is C12H10FN3O2. The Morgan fingerprint density at radius 2 is 1.94 bits per heavy atom. The molecule has 0 radical (unpaired) electrons. The van der Waals surface area contributed by atoms with E-state index in [-0.39, 0.29) is 6.54 Å². The fourth-order valence-corrected chi connectivity index (χ4v) is 1.88. The van der Waals surface area contributed by atoms with Crippen molar-refractivity contribution in [2.24, 2.45) is 0 Å². The van der Waals surface area contributed by atoms with Gasteiger partial charge in [0, 0.05) is 5.69 Å². The molecule has 1 aliphatic heterocycles. The molecule has 0 spiro atoms. The van der Waals surface area contributed by atoms with Crippen LogP contribution in [0, 0.1) is 17.1 Å². The average Bonchev–Trinajstić information content (AvgIpc) is 2.56. The molecule has 5 nitrogen and oxygen atoms in total. The van der Waals surface area contributed by atoms with Crippen molar-refractivity contribution in [1.82, 2.24) is 4.90 Å². The van der Waals surface area contributed by atoms with Gasteiger partial charge < -0.3 is 0 Å². The van der Waals surface area contributed by atoms with Crippen molar-refractivity contribution in [3.8, 4) is 6.07 Å². The van der Waals surface area contributed by atoms with Gasteiger partial charge in [-0.1, -0.05) is 0 Å². The number of rotatable bonds is 2. The van der Waals surface area contributed by atoms with Crippen LogP contribution in [0.5, 0.6) is 0 Å². The Morgan fingerprint density at radius 1 is 1.33 bits per heavy atom. The maximum Gasteiger partial charge on any atom is 0.332 e. The Balaban J connectivity index is 2.34. The van der Waals surface area contributed by atoms with Gasteiger partial charge in [-0.25, -0.2) is 14.1 Å². The molecule has 3 amide bonds. The lowest BCUT2D eigenvalue weighted by Gasteiger charge is -2.18. The van der Waals surface area contributed by atoms with Gasteiger partial charge in [0.1, 0.15) is 18.4 Å². The first-order valence-corrected chi connectivity index (χ1v) is 5.33. The lowest BCUT2D eigenvalue weighted by molar-refractivity contribution is -0.126. The lowest BCUT2D eigenvalue weighted by Crippen LogP contribution is -2.34. The van der Waals surface area contributed by atoms with E-state index < -0.39 is 23.8 Å². The van der Waals surface area contributed by atoms with Crippen LogP contribution in [0.3, 0.4) is 0 Å². The number of hydrogen-bond donors (Lipinski definition) is 0. The van der Waals surface area contributed by atoms with Gasteiger partial charge in [0.25, 0.3) is 5.91 Å². The molecule has 1 fully saturated rings. The third kappa shape index (κ3) is 1.80. The Hall–Kier alpha value is -2.42. The summed E-state index contributed by atoms with van der Waals surface area (Å²) in [5.74, 6) is -0.843. The van der Waals surface area contributed by atoms with Crippen molar-refractivity contribution < 1.29 is 14.0 Å². The normalized spacial score (nSPS) is 19.3. The summed E-state index contributed by atoms with van der Waals surface area (Å²) < 4.78 is 12.8. The zero-order valence-corrected chi connectivity index (χ0v) is 9.63. The van der Waals surface area contributed by atoms with E-state index in [4.69, 9.17) is 5.26 Å². The number of nitrogens with zero attached hydrogens (tertiary/aromatic N) is 3. The van der Waals surface area contributed by atoms with E-state index >= 15 is 0 Å². The van der Waals surface area contributed by atoms with Gasteiger partial charge in [-0.15, -0.1) is 0 Å². The van der Waals surface area contributed by atoms with Crippen molar-refractivity contribution in [2.75, 3.05) is 11.4 Å². The van der Waals surface area contributed by atoms with E-state index in [0.29, 0.717) is 5.69 Å². The molecule has 2 rings (SSSR count). The highest BCUT2D eigenvalue weighted by Gasteiger charge is 2.43. The summed E-state index contributed by atoms with van der Waals surface area (Å²) in [4.78, 5) is 25.9. The maximum atomic E-state index is 12.8. The molecule has 0 unspecified atom stereocenters. The molecular weight excluding hydrogens is 237 g/mol. The molecule has 0 N–H and O–H groups in total. The zero-order valence-electron chi connectivity index (χ0n) is 9.63. The van der Waals surface area contributed by atoms with Gasteiger partial charge in [-0.05, 0) is 31.2 Å². The SMILES string of the molecule is C[C@H]1C(=O)N(CC#N)C(=O)N1c1ccc(F)cc1. The van der Waals surface area contributed by atoms with Crippen LogP contribution in [0.2, 0.25) is 0 Å². The van der Waals surface area contributed by atoms with Crippen molar-refractivity contribution in [3.05, 3.63) is 30.1 Å². The lowest BCUT2D eigenvalue weighted by atomic mass is 10.2. The molecule has 1 aliphatic rings. The molecule has 92 valence electrons. The van der Waals surface area contributed by atoms with Crippen LogP contribution in [-0.4, -0.2) is 29.4 Å². The highest BCUT2D eigenvalue weighted by molar-refractivity contribution is 6.14. The van der Waals surface area contributed by atoms with Crippen LogP contribution in [0.25, 0.3) is 0 Å². The number of urea groups is 1. The molecule has 1 atom stereocenters. The Kier molecular flexibility index (Phi) is 2.98. The van der Waals surface area contributed by atoms with Crippen molar-refractivity contribution in [2.45, 2.75) is 13.0 Å². The largest absolute Gasteiger partial charge is 0.332 e. The minimum atomic E-state index is -0.684. The fraction of sp³-hybridized carbons (Fsp3) is 0.250. The highest BCUT2D eigenvalue weighted by Crippen LogP contribution is 2.25. The van der Waals surface area contributed by atoms with E-state index in [1.807, 2.05) is 0 Å². The molecule has 1 saturated heterocycles. The number of benzene rings is 1. The van der Waals surface area contributed by atoms with E-state index in [9.17, 15) is 14.0 Å². The van der Waals surface area contributed by atoms with Crippen molar-refractivity contribution >= 4 is 17.6 Å². The van der Waals surface area contributed by atoms with Gasteiger partial charge in [0.2, 0.25) is 0 Å². The van der Waals surface area contributed by atoms with Crippen molar-refractivity contribution in [3.63, 3.8) is 0 Å². The summed E-state index contributed by atoms with van der Waals surface area (Å²) in [5, 5.41) is 8.58. The van der Waals surface area contributed by atoms with E-state index in [2.05, 4.69) is 0 Å². The summed E-state index contributed by atoms with van der Waals surface area (Å²) in [5.41, 5.74) is 0.433. The molecule has 0 aromatic heterocycles. The van der Waals surface area contributed by atoms with Crippen LogP contribution < -0.4 is 4.90 Å². The fourth-order valence-electron chi connectivity index (χ4n) is 1.88. The van der Waals surface area contributed by atoms with Gasteiger partial charge in [0.05, 0.1) is 6.07 Å². The molecule has 1 aromatic rings. The van der Waals surface area contributed by atoms with E-state index in [0.717, 1.165) is 4.90 Å². The van der Waals surface area contributed by atoms with E-state index in [1.165, 1.54) is 29.2 Å². The molecule has 18 heavy (non-hydrogen) atoms. The molecule has 1 aromatic carbocycles. The smallest absolute Gasteiger partial charge is 0.282 e. The number of carbonyl (C=O) groups is 2. The summed E-state index contributed by atoms with van der Waals surface area (Å²) in [6.07, 6.45) is 0. The van der Waals surface area contributed by atoms with Crippen LogP contribution in [0.1, 0.15) is 6.92 Å². The van der Waals surface area contributed by atoms with Crippen LogP contribution in [0.15, 0.2) is 24.3 Å². The van der Waals surface area contributed by atoms with Gasteiger partial charge >= 0.3 is 6.03 Å². The van der Waals surface area contributed by atoms with Crippen molar-refractivity contribution in [1.29, 1.82) is 5.26 Å². The number of anilines is 1. The monoisotopic (exact) mass is 247 g/mol. The topological polar surface area (TPSA) is 64.4 Å². The minimum Gasteiger partial charge on any atom is -0.282 e. The van der Waals surface area contributed by atoms with Gasteiger partial charge in [-0.3, -0.25) is 9.69 Å². The molecule has 0 bridgehead atoms. The highest BCUT2D eigenvalue weighted by atomic mass is 19.1. The van der Waals surface area contributed by atoms with Crippen LogP contribution >= 0.6 is 0 Å². The quantitative estimate of drug-likeness (QED) is 0.587. The number of amides is 3. The summed E-state index contributed by atoms with van der Waals surface area (Å²) in [6.45, 7) is 1.29. The first-order chi connectivity index (χ1) is 8.56. The molecule has 1 heterocycles. The third-order valence-electron chi connectivity index (χ3n) is 2.78. The Bertz CT molecular complexity index is 535. The summed E-state index contributed by atoms with van der Waals surface area (Å²) >= 11 is 0. The van der Waals surface area contributed by atoms with E-state index in [1.54, 1.807) is 13.0 Å². The first-order valence-electron chi connectivity index (χ1n) is 5.33. The minimum absolute atomic E-state index is 0.278. The molecule has 0 saturated carbocycles. The zero-order chi connectivity index (χ0) is 13.3. The first kappa shape index (κ1) is 12.0. The molecule has 0 aliphatic carbocycles. The van der Waals surface area contributed by atoms with Gasteiger partial charge in [-0.2, -0.15) is 5.26 Å². The predicted molar refractivity (Wildman–Crippen MR) is 61.1 cm³/mol. The maximum absolute atomic E-state index is 12.8. The number of imide groups is 1. The predicted octanol–water partition coefficient (Wildman–Crippen LogP) is 1.51. The number of nitriles is 1. The Labute approximate surface area is 103 Å². The second-order valence-corrected chi connectivity index (χ2v) is 3.89. The third-order valence-corrected chi connectivity index (χ3v) is 2.78. The second-order valence-electron chi connectivity index (χ2n) is 3.89. The summed E-state index contributed by atoms with van der Waals surface area (Å²) in [6, 6.07) is 5.81. The summed E-state index contributed by atoms with van der Waals surface area (Å²) in [7, 11) is 0. The number of halogens is 1. The standard InChI is InChI=1S/C12H10FN3O2/c1-8-11(17)15(7-6-14)12(18)16(8)10-4-2-9(13)3-5-10/h2-5,8H,7H2,1H3/t8-/m0/s1. The number of carbonyl (C=O) groups excluding carboxylic acids is 2. The van der Waals surface area contributed by atoms with Crippen LogP contribution in [0.4, 0.5) is 14.9 Å². The number of hydrogen-bond acceptors (Lipinski definition) is 3.